The molecule has 3 N–H and O–H groups in total. The number of amides is 2. The van der Waals surface area contributed by atoms with Gasteiger partial charge in [0.05, 0.1) is 0 Å². The molecule has 1 rings (SSSR count). The van der Waals surface area contributed by atoms with Crippen LogP contribution in [0.25, 0.3) is 0 Å². The molecule has 0 aromatic rings. The molecule has 6 nitrogen and oxygen atoms in total. The minimum atomic E-state index is -0.0319. The highest BCUT2D eigenvalue weighted by Gasteiger charge is 2.26. The van der Waals surface area contributed by atoms with Crippen LogP contribution in [-0.4, -0.2) is 56.1 Å². The Bertz CT molecular complexity index is 323. The number of unbranched alkanes of at least 4 members (excludes halogenated alkanes) is 1. The molecule has 0 aliphatic carbocycles. The van der Waals surface area contributed by atoms with E-state index in [9.17, 15) is 9.59 Å². The van der Waals surface area contributed by atoms with Gasteiger partial charge in [-0.3, -0.25) is 9.59 Å². The Balaban J connectivity index is 2.37. The summed E-state index contributed by atoms with van der Waals surface area (Å²) in [5, 5.41) is 2.88. The number of hydrogen-bond acceptors (Lipinski definition) is 4. The van der Waals surface area contributed by atoms with Gasteiger partial charge in [0.25, 0.3) is 0 Å². The third-order valence-corrected chi connectivity index (χ3v) is 3.84. The smallest absolute Gasteiger partial charge is 0.222 e. The van der Waals surface area contributed by atoms with E-state index >= 15 is 0 Å². The summed E-state index contributed by atoms with van der Waals surface area (Å²) in [7, 11) is 1.67. The predicted molar refractivity (Wildman–Crippen MR) is 81.8 cm³/mol. The fourth-order valence-corrected chi connectivity index (χ4v) is 2.66. The van der Waals surface area contributed by atoms with Crippen molar-refractivity contribution in [2.24, 2.45) is 5.73 Å². The minimum Gasteiger partial charge on any atom is -0.385 e. The van der Waals surface area contributed by atoms with Crippen LogP contribution in [-0.2, 0) is 14.3 Å². The molecule has 1 aliphatic rings. The molecule has 0 aromatic carbocycles. The van der Waals surface area contributed by atoms with E-state index in [0.29, 0.717) is 32.5 Å². The van der Waals surface area contributed by atoms with Crippen molar-refractivity contribution in [3.63, 3.8) is 0 Å². The lowest BCUT2D eigenvalue weighted by Crippen LogP contribution is -2.49. The van der Waals surface area contributed by atoms with E-state index in [2.05, 4.69) is 5.32 Å². The SMILES string of the molecule is COCCCCC(=O)N1CCCCC1CNC(=O)CCN. The Labute approximate surface area is 127 Å². The van der Waals surface area contributed by atoms with Crippen LogP contribution >= 0.6 is 0 Å². The van der Waals surface area contributed by atoms with Gasteiger partial charge in [-0.15, -0.1) is 0 Å². The molecule has 0 saturated carbocycles. The lowest BCUT2D eigenvalue weighted by atomic mass is 10.0. The Hall–Kier alpha value is -1.14. The monoisotopic (exact) mass is 299 g/mol. The number of nitrogens with one attached hydrogen (secondary N) is 1. The van der Waals surface area contributed by atoms with Crippen LogP contribution in [0.4, 0.5) is 0 Å². The van der Waals surface area contributed by atoms with Gasteiger partial charge in [-0.1, -0.05) is 0 Å². The average molecular weight is 299 g/mol. The lowest BCUT2D eigenvalue weighted by Gasteiger charge is -2.36. The third kappa shape index (κ3) is 6.91. The van der Waals surface area contributed by atoms with Crippen molar-refractivity contribution in [1.82, 2.24) is 10.2 Å². The largest absolute Gasteiger partial charge is 0.385 e. The fraction of sp³-hybridized carbons (Fsp3) is 0.867. The summed E-state index contributed by atoms with van der Waals surface area (Å²) in [5.74, 6) is 0.166. The molecule has 1 fully saturated rings. The van der Waals surface area contributed by atoms with Crippen LogP contribution in [0.1, 0.15) is 44.9 Å². The summed E-state index contributed by atoms with van der Waals surface area (Å²) in [6, 6.07) is 0.135. The van der Waals surface area contributed by atoms with Crippen molar-refractivity contribution in [3.05, 3.63) is 0 Å². The molecular weight excluding hydrogens is 270 g/mol. The van der Waals surface area contributed by atoms with Crippen LogP contribution in [0.3, 0.4) is 0 Å². The summed E-state index contributed by atoms with van der Waals surface area (Å²) in [5.41, 5.74) is 5.36. The molecule has 6 heteroatoms. The van der Waals surface area contributed by atoms with E-state index in [1.807, 2.05) is 4.90 Å². The maximum Gasteiger partial charge on any atom is 0.222 e. The van der Waals surface area contributed by atoms with E-state index in [0.717, 1.165) is 38.6 Å². The highest BCUT2D eigenvalue weighted by atomic mass is 16.5. The molecular formula is C15H29N3O3. The highest BCUT2D eigenvalue weighted by Crippen LogP contribution is 2.18. The second-order valence-electron chi connectivity index (χ2n) is 5.53. The summed E-state index contributed by atoms with van der Waals surface area (Å²) in [4.78, 5) is 25.7. The first-order valence-corrected chi connectivity index (χ1v) is 7.94. The van der Waals surface area contributed by atoms with Gasteiger partial charge >= 0.3 is 0 Å². The summed E-state index contributed by atoms with van der Waals surface area (Å²) >= 11 is 0. The van der Waals surface area contributed by atoms with E-state index in [1.54, 1.807) is 7.11 Å². The van der Waals surface area contributed by atoms with Gasteiger partial charge in [-0.05, 0) is 32.1 Å². The zero-order valence-corrected chi connectivity index (χ0v) is 13.1. The minimum absolute atomic E-state index is 0.0319. The van der Waals surface area contributed by atoms with Gasteiger partial charge in [0.1, 0.15) is 0 Å². The Morgan fingerprint density at radius 2 is 2.10 bits per heavy atom. The zero-order valence-electron chi connectivity index (χ0n) is 13.1. The molecule has 2 amide bonds. The lowest BCUT2D eigenvalue weighted by molar-refractivity contribution is -0.135. The highest BCUT2D eigenvalue weighted by molar-refractivity contribution is 5.77. The number of piperidine rings is 1. The normalized spacial score (nSPS) is 18.6. The second-order valence-corrected chi connectivity index (χ2v) is 5.53. The maximum absolute atomic E-state index is 12.3. The Kier molecular flexibility index (Phi) is 9.01. The molecule has 0 bridgehead atoms. The number of methoxy groups -OCH3 is 1. The van der Waals surface area contributed by atoms with Gasteiger partial charge in [-0.25, -0.2) is 0 Å². The van der Waals surface area contributed by atoms with Gasteiger partial charge in [0.15, 0.2) is 0 Å². The Morgan fingerprint density at radius 3 is 2.81 bits per heavy atom. The number of likely N-dealkylation sites (tertiary alicyclic amines) is 1. The number of nitrogens with zero attached hydrogens (tertiary/aromatic N) is 1. The summed E-state index contributed by atoms with van der Waals surface area (Å²) in [6.07, 6.45) is 5.81. The Morgan fingerprint density at radius 1 is 1.29 bits per heavy atom. The fourth-order valence-electron chi connectivity index (χ4n) is 2.66. The van der Waals surface area contributed by atoms with Crippen LogP contribution < -0.4 is 11.1 Å². The zero-order chi connectivity index (χ0) is 15.5. The van der Waals surface area contributed by atoms with Crippen molar-refractivity contribution in [2.75, 3.05) is 33.4 Å². The molecule has 1 unspecified atom stereocenters. The number of nitrogens with two attached hydrogens (primary N) is 1. The van der Waals surface area contributed by atoms with Crippen molar-refractivity contribution >= 4 is 11.8 Å². The predicted octanol–water partition coefficient (Wildman–Crippen LogP) is 0.649. The number of carbonyl (C=O) groups is 2. The molecule has 0 spiro atoms. The first-order valence-electron chi connectivity index (χ1n) is 7.94. The first kappa shape index (κ1) is 17.9. The third-order valence-electron chi connectivity index (χ3n) is 3.84. The number of carbonyl (C=O) groups excluding carboxylic acids is 2. The molecule has 0 aromatic heterocycles. The van der Waals surface area contributed by atoms with Crippen LogP contribution in [0.15, 0.2) is 0 Å². The van der Waals surface area contributed by atoms with Crippen molar-refractivity contribution < 1.29 is 14.3 Å². The number of hydrogen-bond donors (Lipinski definition) is 2. The van der Waals surface area contributed by atoms with E-state index in [4.69, 9.17) is 10.5 Å². The van der Waals surface area contributed by atoms with Gasteiger partial charge < -0.3 is 20.7 Å². The quantitative estimate of drug-likeness (QED) is 0.612. The molecule has 1 atom stereocenters. The molecule has 21 heavy (non-hydrogen) atoms. The van der Waals surface area contributed by atoms with Crippen LogP contribution in [0, 0.1) is 0 Å². The van der Waals surface area contributed by atoms with Crippen molar-refractivity contribution in [3.8, 4) is 0 Å². The standard InChI is InChI=1S/C15H29N3O3/c1-21-11-5-3-7-15(20)18-10-4-2-6-13(18)12-17-14(19)8-9-16/h13H,2-12,16H2,1H3,(H,17,19). The molecule has 122 valence electrons. The maximum atomic E-state index is 12.3. The average Bonchev–Trinajstić information content (AvgIpc) is 2.50. The van der Waals surface area contributed by atoms with Gasteiger partial charge in [-0.2, -0.15) is 0 Å². The molecule has 1 heterocycles. The van der Waals surface area contributed by atoms with Gasteiger partial charge in [0.2, 0.25) is 11.8 Å². The van der Waals surface area contributed by atoms with Crippen LogP contribution in [0.5, 0.6) is 0 Å². The molecule has 1 saturated heterocycles. The van der Waals surface area contributed by atoms with E-state index < -0.39 is 0 Å². The summed E-state index contributed by atoms with van der Waals surface area (Å²) in [6.45, 7) is 2.41. The molecule has 1 aliphatic heterocycles. The first-order chi connectivity index (χ1) is 10.2. The number of rotatable bonds is 9. The van der Waals surface area contributed by atoms with Crippen LogP contribution in [0.2, 0.25) is 0 Å². The van der Waals surface area contributed by atoms with Crippen molar-refractivity contribution in [1.29, 1.82) is 0 Å². The molecule has 0 radical (unpaired) electrons. The van der Waals surface area contributed by atoms with E-state index in [1.165, 1.54) is 0 Å². The van der Waals surface area contributed by atoms with Crippen molar-refractivity contribution in [2.45, 2.75) is 51.0 Å². The number of ether oxygens (including phenoxy) is 1. The second kappa shape index (κ2) is 10.6. The van der Waals surface area contributed by atoms with Gasteiger partial charge in [0, 0.05) is 52.2 Å². The van der Waals surface area contributed by atoms with E-state index in [-0.39, 0.29) is 17.9 Å². The summed E-state index contributed by atoms with van der Waals surface area (Å²) < 4.78 is 5.00. The topological polar surface area (TPSA) is 84.7 Å².